The van der Waals surface area contributed by atoms with E-state index in [1.165, 1.54) is 6.26 Å². The number of urea groups is 1. The Labute approximate surface area is 169 Å². The van der Waals surface area contributed by atoms with Crippen molar-refractivity contribution >= 4 is 29.2 Å². The SMILES string of the molecule is CC(C)CC(=O)Nc1ccc(NC(=O)N2CCN(C(=O)c3ccco3)CC2)cc1. The highest BCUT2D eigenvalue weighted by Gasteiger charge is 2.26. The fourth-order valence-corrected chi connectivity index (χ4v) is 3.09. The van der Waals surface area contributed by atoms with Crippen molar-refractivity contribution in [2.24, 2.45) is 5.92 Å². The third kappa shape index (κ3) is 5.60. The van der Waals surface area contributed by atoms with Gasteiger partial charge in [-0.1, -0.05) is 13.8 Å². The molecular weight excluding hydrogens is 372 g/mol. The normalized spacial score (nSPS) is 14.0. The Hall–Kier alpha value is -3.29. The maximum atomic E-state index is 12.5. The van der Waals surface area contributed by atoms with Crippen LogP contribution in [0.2, 0.25) is 0 Å². The number of carbonyl (C=O) groups is 3. The van der Waals surface area contributed by atoms with Crippen LogP contribution in [0, 0.1) is 5.92 Å². The Morgan fingerprint density at radius 1 is 0.931 bits per heavy atom. The van der Waals surface area contributed by atoms with Gasteiger partial charge in [0, 0.05) is 44.0 Å². The molecule has 1 aliphatic heterocycles. The Balaban J connectivity index is 1.47. The molecule has 8 nitrogen and oxygen atoms in total. The first-order valence-electron chi connectivity index (χ1n) is 9.71. The van der Waals surface area contributed by atoms with Gasteiger partial charge in [-0.05, 0) is 42.3 Å². The van der Waals surface area contributed by atoms with Crippen LogP contribution in [-0.4, -0.2) is 53.8 Å². The predicted octanol–water partition coefficient (Wildman–Crippen LogP) is 3.25. The summed E-state index contributed by atoms with van der Waals surface area (Å²) < 4.78 is 5.14. The van der Waals surface area contributed by atoms with Crippen LogP contribution in [0.4, 0.5) is 16.2 Å². The number of amides is 4. The fourth-order valence-electron chi connectivity index (χ4n) is 3.09. The molecule has 1 aliphatic rings. The molecule has 0 atom stereocenters. The van der Waals surface area contributed by atoms with Crippen molar-refractivity contribution in [1.82, 2.24) is 9.80 Å². The number of piperazine rings is 1. The van der Waals surface area contributed by atoms with Crippen LogP contribution >= 0.6 is 0 Å². The Morgan fingerprint density at radius 2 is 1.52 bits per heavy atom. The van der Waals surface area contributed by atoms with Crippen LogP contribution in [0.1, 0.15) is 30.8 Å². The number of nitrogens with zero attached hydrogens (tertiary/aromatic N) is 2. The minimum atomic E-state index is -0.216. The first-order chi connectivity index (χ1) is 13.9. The molecule has 0 unspecified atom stereocenters. The molecular formula is C21H26N4O4. The molecule has 1 fully saturated rings. The molecule has 2 heterocycles. The molecule has 0 aliphatic carbocycles. The van der Waals surface area contributed by atoms with E-state index in [1.54, 1.807) is 46.2 Å². The second-order valence-electron chi connectivity index (χ2n) is 7.41. The summed E-state index contributed by atoms with van der Waals surface area (Å²) in [4.78, 5) is 39.9. The highest BCUT2D eigenvalue weighted by atomic mass is 16.3. The molecule has 2 aromatic rings. The van der Waals surface area contributed by atoms with Crippen molar-refractivity contribution < 1.29 is 18.8 Å². The van der Waals surface area contributed by atoms with Gasteiger partial charge in [0.2, 0.25) is 5.91 Å². The van der Waals surface area contributed by atoms with Gasteiger partial charge in [-0.2, -0.15) is 0 Å². The van der Waals surface area contributed by atoms with Crippen molar-refractivity contribution in [2.75, 3.05) is 36.8 Å². The summed E-state index contributed by atoms with van der Waals surface area (Å²) in [5.74, 6) is 0.413. The minimum Gasteiger partial charge on any atom is -0.459 e. The summed E-state index contributed by atoms with van der Waals surface area (Å²) >= 11 is 0. The zero-order chi connectivity index (χ0) is 20.8. The van der Waals surface area contributed by atoms with Crippen LogP contribution in [0.25, 0.3) is 0 Å². The monoisotopic (exact) mass is 398 g/mol. The Bertz CT molecular complexity index is 838. The molecule has 4 amide bonds. The predicted molar refractivity (Wildman–Crippen MR) is 110 cm³/mol. The quantitative estimate of drug-likeness (QED) is 0.808. The molecule has 29 heavy (non-hydrogen) atoms. The molecule has 1 aromatic heterocycles. The number of nitrogens with one attached hydrogen (secondary N) is 2. The Morgan fingerprint density at radius 3 is 2.07 bits per heavy atom. The third-order valence-electron chi connectivity index (χ3n) is 4.60. The number of anilines is 2. The molecule has 0 bridgehead atoms. The molecule has 154 valence electrons. The first kappa shape index (κ1) is 20.4. The van der Waals surface area contributed by atoms with E-state index in [4.69, 9.17) is 4.42 Å². The maximum absolute atomic E-state index is 12.5. The van der Waals surface area contributed by atoms with E-state index in [2.05, 4.69) is 10.6 Å². The molecule has 8 heteroatoms. The Kier molecular flexibility index (Phi) is 6.54. The highest BCUT2D eigenvalue weighted by molar-refractivity contribution is 5.93. The molecule has 2 N–H and O–H groups in total. The van der Waals surface area contributed by atoms with Crippen LogP contribution in [-0.2, 0) is 4.79 Å². The highest BCUT2D eigenvalue weighted by Crippen LogP contribution is 2.16. The van der Waals surface area contributed by atoms with E-state index in [1.807, 2.05) is 13.8 Å². The number of hydrogen-bond donors (Lipinski definition) is 2. The number of furan rings is 1. The lowest BCUT2D eigenvalue weighted by atomic mass is 10.1. The van der Waals surface area contributed by atoms with Gasteiger partial charge in [0.25, 0.3) is 5.91 Å². The van der Waals surface area contributed by atoms with E-state index in [0.29, 0.717) is 55.7 Å². The van der Waals surface area contributed by atoms with E-state index in [9.17, 15) is 14.4 Å². The van der Waals surface area contributed by atoms with E-state index < -0.39 is 0 Å². The number of hydrogen-bond acceptors (Lipinski definition) is 4. The summed E-state index contributed by atoms with van der Waals surface area (Å²) in [6.07, 6.45) is 1.94. The van der Waals surface area contributed by atoms with E-state index in [-0.39, 0.29) is 17.8 Å². The standard InChI is InChI=1S/C21H26N4O4/c1-15(2)14-19(26)22-16-5-7-17(8-6-16)23-21(28)25-11-9-24(10-12-25)20(27)18-4-3-13-29-18/h3-8,13,15H,9-12,14H2,1-2H3,(H,22,26)(H,23,28). The summed E-state index contributed by atoms with van der Waals surface area (Å²) in [7, 11) is 0. The van der Waals surface area contributed by atoms with Gasteiger partial charge < -0.3 is 24.9 Å². The van der Waals surface area contributed by atoms with Crippen molar-refractivity contribution in [3.8, 4) is 0 Å². The van der Waals surface area contributed by atoms with Crippen LogP contribution < -0.4 is 10.6 Å². The van der Waals surface area contributed by atoms with Gasteiger partial charge in [-0.25, -0.2) is 4.79 Å². The summed E-state index contributed by atoms with van der Waals surface area (Å²) in [5, 5.41) is 5.69. The lowest BCUT2D eigenvalue weighted by molar-refractivity contribution is -0.116. The topological polar surface area (TPSA) is 94.9 Å². The van der Waals surface area contributed by atoms with Crippen molar-refractivity contribution in [1.29, 1.82) is 0 Å². The maximum Gasteiger partial charge on any atom is 0.321 e. The first-order valence-corrected chi connectivity index (χ1v) is 9.71. The largest absolute Gasteiger partial charge is 0.459 e. The average Bonchev–Trinajstić information content (AvgIpc) is 3.23. The number of carbonyl (C=O) groups excluding carboxylic acids is 3. The van der Waals surface area contributed by atoms with Crippen molar-refractivity contribution in [2.45, 2.75) is 20.3 Å². The van der Waals surface area contributed by atoms with Crippen LogP contribution in [0.15, 0.2) is 47.1 Å². The second kappa shape index (κ2) is 9.27. The van der Waals surface area contributed by atoms with Gasteiger partial charge in [0.05, 0.1) is 6.26 Å². The minimum absolute atomic E-state index is 0.0289. The van der Waals surface area contributed by atoms with Crippen molar-refractivity contribution in [3.63, 3.8) is 0 Å². The molecule has 0 saturated carbocycles. The summed E-state index contributed by atoms with van der Waals surface area (Å²) in [5.41, 5.74) is 1.34. The molecule has 3 rings (SSSR count). The average molecular weight is 398 g/mol. The molecule has 1 aromatic carbocycles. The van der Waals surface area contributed by atoms with Crippen LogP contribution in [0.5, 0.6) is 0 Å². The number of rotatable bonds is 5. The smallest absolute Gasteiger partial charge is 0.321 e. The molecule has 1 saturated heterocycles. The molecule has 0 spiro atoms. The van der Waals surface area contributed by atoms with Crippen molar-refractivity contribution in [3.05, 3.63) is 48.4 Å². The fraction of sp³-hybridized carbons (Fsp3) is 0.381. The van der Waals surface area contributed by atoms with Gasteiger partial charge in [0.15, 0.2) is 5.76 Å². The van der Waals surface area contributed by atoms with E-state index >= 15 is 0 Å². The lowest BCUT2D eigenvalue weighted by Crippen LogP contribution is -2.51. The second-order valence-corrected chi connectivity index (χ2v) is 7.41. The van der Waals surface area contributed by atoms with Crippen LogP contribution in [0.3, 0.4) is 0 Å². The van der Waals surface area contributed by atoms with Gasteiger partial charge in [0.1, 0.15) is 0 Å². The van der Waals surface area contributed by atoms with Gasteiger partial charge in [-0.15, -0.1) is 0 Å². The third-order valence-corrected chi connectivity index (χ3v) is 4.60. The summed E-state index contributed by atoms with van der Waals surface area (Å²) in [6, 6.07) is 10.1. The lowest BCUT2D eigenvalue weighted by Gasteiger charge is -2.34. The van der Waals surface area contributed by atoms with E-state index in [0.717, 1.165) is 0 Å². The zero-order valence-corrected chi connectivity index (χ0v) is 16.7. The summed E-state index contributed by atoms with van der Waals surface area (Å²) in [6.45, 7) is 5.78. The van der Waals surface area contributed by atoms with Gasteiger partial charge in [-0.3, -0.25) is 9.59 Å². The number of benzene rings is 1. The van der Waals surface area contributed by atoms with Gasteiger partial charge >= 0.3 is 6.03 Å². The molecule has 0 radical (unpaired) electrons. The zero-order valence-electron chi connectivity index (χ0n) is 16.7.